The molecule has 0 saturated heterocycles. The Morgan fingerprint density at radius 1 is 1.10 bits per heavy atom. The van der Waals surface area contributed by atoms with Gasteiger partial charge in [0.2, 0.25) is 0 Å². The molecule has 0 saturated carbocycles. The number of benzene rings is 3. The molecule has 0 atom stereocenters. The number of ether oxygens (including phenoxy) is 2. The molecule has 0 fully saturated rings. The van der Waals surface area contributed by atoms with Crippen LogP contribution in [-0.4, -0.2) is 5.97 Å². The van der Waals surface area contributed by atoms with E-state index >= 15 is 0 Å². The molecule has 0 aliphatic heterocycles. The Morgan fingerprint density at radius 3 is 2.37 bits per heavy atom. The van der Waals surface area contributed by atoms with Gasteiger partial charge in [0.15, 0.2) is 0 Å². The molecule has 3 nitrogen and oxygen atoms in total. The predicted molar refractivity (Wildman–Crippen MR) is 120 cm³/mol. The lowest BCUT2D eigenvalue weighted by molar-refractivity contribution is 0.0728. The minimum absolute atomic E-state index is 0.0922. The Morgan fingerprint density at radius 2 is 1.73 bits per heavy atom. The molecule has 0 bridgehead atoms. The van der Waals surface area contributed by atoms with Gasteiger partial charge in [-0.25, -0.2) is 9.18 Å². The molecule has 0 N–H and O–H groups in total. The standard InChI is InChI=1S/C25H22BrFO3/c1-3-4-15-20-22(26)23(27)17(2)21(25(28)30-19-13-9-6-10-14-19)24(20)29-16-18-11-7-5-8-12-18/h3,5-14H,1,4,15-16H2,2H3. The van der Waals surface area contributed by atoms with E-state index in [4.69, 9.17) is 9.47 Å². The van der Waals surface area contributed by atoms with Crippen molar-refractivity contribution in [3.8, 4) is 11.5 Å². The number of para-hydroxylation sites is 1. The maximum atomic E-state index is 15.0. The molecule has 0 aromatic heterocycles. The minimum atomic E-state index is -0.659. The molecular weight excluding hydrogens is 447 g/mol. The topological polar surface area (TPSA) is 35.5 Å². The molecule has 3 aromatic carbocycles. The summed E-state index contributed by atoms with van der Waals surface area (Å²) < 4.78 is 26.9. The van der Waals surface area contributed by atoms with E-state index in [0.29, 0.717) is 34.4 Å². The lowest BCUT2D eigenvalue weighted by atomic mass is 9.99. The molecule has 5 heteroatoms. The summed E-state index contributed by atoms with van der Waals surface area (Å²) in [4.78, 5) is 13.1. The lowest BCUT2D eigenvalue weighted by Gasteiger charge is -2.20. The van der Waals surface area contributed by atoms with Crippen molar-refractivity contribution in [1.82, 2.24) is 0 Å². The second kappa shape index (κ2) is 10.2. The van der Waals surface area contributed by atoms with Crippen LogP contribution in [0, 0.1) is 12.7 Å². The third-order valence-corrected chi connectivity index (χ3v) is 5.47. The molecular formula is C25H22BrFO3. The van der Waals surface area contributed by atoms with Gasteiger partial charge in [-0.05, 0) is 53.4 Å². The number of halogens is 2. The first-order valence-electron chi connectivity index (χ1n) is 9.58. The maximum Gasteiger partial charge on any atom is 0.347 e. The van der Waals surface area contributed by atoms with Crippen LogP contribution < -0.4 is 9.47 Å². The number of carbonyl (C=O) groups is 1. The van der Waals surface area contributed by atoms with Gasteiger partial charge in [-0.3, -0.25) is 0 Å². The second-order valence-electron chi connectivity index (χ2n) is 6.74. The van der Waals surface area contributed by atoms with Crippen molar-refractivity contribution in [2.24, 2.45) is 0 Å². The summed E-state index contributed by atoms with van der Waals surface area (Å²) in [6.07, 6.45) is 2.82. The number of rotatable bonds is 8. The molecule has 3 rings (SSSR count). The number of allylic oxidation sites excluding steroid dienone is 1. The van der Waals surface area contributed by atoms with E-state index in [2.05, 4.69) is 22.5 Å². The highest BCUT2D eigenvalue weighted by Crippen LogP contribution is 2.38. The zero-order valence-corrected chi connectivity index (χ0v) is 18.2. The van der Waals surface area contributed by atoms with E-state index < -0.39 is 11.8 Å². The van der Waals surface area contributed by atoms with Gasteiger partial charge in [0.1, 0.15) is 29.5 Å². The summed E-state index contributed by atoms with van der Waals surface area (Å²) in [6.45, 7) is 5.53. The largest absolute Gasteiger partial charge is 0.488 e. The van der Waals surface area contributed by atoms with E-state index in [-0.39, 0.29) is 17.7 Å². The van der Waals surface area contributed by atoms with Crippen LogP contribution in [0.4, 0.5) is 4.39 Å². The Balaban J connectivity index is 2.06. The number of hydrogen-bond acceptors (Lipinski definition) is 3. The number of carbonyl (C=O) groups excluding carboxylic acids is 1. The minimum Gasteiger partial charge on any atom is -0.488 e. The van der Waals surface area contributed by atoms with Gasteiger partial charge >= 0.3 is 5.97 Å². The summed E-state index contributed by atoms with van der Waals surface area (Å²) >= 11 is 3.35. The molecule has 154 valence electrons. The van der Waals surface area contributed by atoms with Crippen molar-refractivity contribution in [3.63, 3.8) is 0 Å². The summed E-state index contributed by atoms with van der Waals surface area (Å²) in [5, 5.41) is 0. The van der Waals surface area contributed by atoms with Gasteiger partial charge in [-0.1, -0.05) is 54.6 Å². The average Bonchev–Trinajstić information content (AvgIpc) is 2.77. The quantitative estimate of drug-likeness (QED) is 0.207. The van der Waals surface area contributed by atoms with Crippen LogP contribution in [0.15, 0.2) is 77.8 Å². The Hall–Kier alpha value is -2.92. The third kappa shape index (κ3) is 4.97. The Labute approximate surface area is 184 Å². The van der Waals surface area contributed by atoms with Crippen molar-refractivity contribution in [3.05, 3.63) is 106 Å². The Bertz CT molecular complexity index is 1030. The van der Waals surface area contributed by atoms with Crippen LogP contribution in [0.1, 0.15) is 33.5 Å². The van der Waals surface area contributed by atoms with Gasteiger partial charge < -0.3 is 9.47 Å². The monoisotopic (exact) mass is 468 g/mol. The zero-order chi connectivity index (χ0) is 21.5. The molecule has 0 aliphatic rings. The van der Waals surface area contributed by atoms with Crippen LogP contribution in [0.3, 0.4) is 0 Å². The lowest BCUT2D eigenvalue weighted by Crippen LogP contribution is -2.16. The van der Waals surface area contributed by atoms with E-state index in [1.165, 1.54) is 0 Å². The summed E-state index contributed by atoms with van der Waals surface area (Å²) in [5.41, 5.74) is 1.78. The summed E-state index contributed by atoms with van der Waals surface area (Å²) in [7, 11) is 0. The first-order chi connectivity index (χ1) is 14.5. The van der Waals surface area contributed by atoms with Crippen molar-refractivity contribution < 1.29 is 18.7 Å². The number of hydrogen-bond donors (Lipinski definition) is 0. The molecule has 30 heavy (non-hydrogen) atoms. The van der Waals surface area contributed by atoms with E-state index in [0.717, 1.165) is 5.56 Å². The molecule has 0 radical (unpaired) electrons. The first kappa shape index (κ1) is 21.8. The third-order valence-electron chi connectivity index (χ3n) is 4.65. The molecule has 0 heterocycles. The highest BCUT2D eigenvalue weighted by atomic mass is 79.9. The van der Waals surface area contributed by atoms with Crippen LogP contribution in [0.25, 0.3) is 0 Å². The summed E-state index contributed by atoms with van der Waals surface area (Å²) in [6, 6.07) is 18.3. The molecule has 0 amide bonds. The highest BCUT2D eigenvalue weighted by molar-refractivity contribution is 9.10. The van der Waals surface area contributed by atoms with E-state index in [1.807, 2.05) is 36.4 Å². The van der Waals surface area contributed by atoms with Crippen LogP contribution in [0.2, 0.25) is 0 Å². The zero-order valence-electron chi connectivity index (χ0n) is 16.7. The van der Waals surface area contributed by atoms with Gasteiger partial charge in [-0.15, -0.1) is 6.58 Å². The van der Waals surface area contributed by atoms with Crippen molar-refractivity contribution in [2.45, 2.75) is 26.4 Å². The van der Waals surface area contributed by atoms with Gasteiger partial charge in [-0.2, -0.15) is 0 Å². The fourth-order valence-corrected chi connectivity index (χ4v) is 3.75. The molecule has 0 unspecified atom stereocenters. The van der Waals surface area contributed by atoms with E-state index in [1.54, 1.807) is 37.3 Å². The molecule has 0 aliphatic carbocycles. The summed E-state index contributed by atoms with van der Waals surface area (Å²) in [5.74, 6) is -0.451. The van der Waals surface area contributed by atoms with Crippen LogP contribution in [0.5, 0.6) is 11.5 Å². The Kier molecular flexibility index (Phi) is 7.41. The van der Waals surface area contributed by atoms with Gasteiger partial charge in [0.25, 0.3) is 0 Å². The SMILES string of the molecule is C=CCCc1c(Br)c(F)c(C)c(C(=O)Oc2ccccc2)c1OCc1ccccc1. The normalized spacial score (nSPS) is 10.5. The van der Waals surface area contributed by atoms with E-state index in [9.17, 15) is 9.18 Å². The van der Waals surface area contributed by atoms with Crippen molar-refractivity contribution >= 4 is 21.9 Å². The first-order valence-corrected chi connectivity index (χ1v) is 10.4. The van der Waals surface area contributed by atoms with Crippen molar-refractivity contribution in [1.29, 1.82) is 0 Å². The molecule has 0 spiro atoms. The smallest absolute Gasteiger partial charge is 0.347 e. The van der Waals surface area contributed by atoms with Gasteiger partial charge in [0, 0.05) is 11.1 Å². The second-order valence-corrected chi connectivity index (χ2v) is 7.53. The van der Waals surface area contributed by atoms with Gasteiger partial charge in [0.05, 0.1) is 4.47 Å². The molecule has 3 aromatic rings. The van der Waals surface area contributed by atoms with Crippen molar-refractivity contribution in [2.75, 3.05) is 0 Å². The fourth-order valence-electron chi connectivity index (χ4n) is 3.08. The highest BCUT2D eigenvalue weighted by Gasteiger charge is 2.27. The average molecular weight is 469 g/mol. The fraction of sp³-hybridized carbons (Fsp3) is 0.160. The maximum absolute atomic E-state index is 15.0. The van der Waals surface area contributed by atoms with Crippen LogP contribution >= 0.6 is 15.9 Å². The predicted octanol–water partition coefficient (Wildman–Crippen LogP) is 6.81. The van der Waals surface area contributed by atoms with Crippen LogP contribution in [-0.2, 0) is 13.0 Å². The number of esters is 1.